The summed E-state index contributed by atoms with van der Waals surface area (Å²) < 4.78 is 46.0. The average Bonchev–Trinajstić information content (AvgIpc) is 3.04. The SMILES string of the molecule is CCNC(=NCc1ccc(OCC(F)(F)F)nc1)N1CC(C)C(C(=O)OC)C1. The number of halogens is 3. The summed E-state index contributed by atoms with van der Waals surface area (Å²) >= 11 is 0. The summed E-state index contributed by atoms with van der Waals surface area (Å²) in [7, 11) is 1.38. The maximum Gasteiger partial charge on any atom is 0.422 e. The number of ether oxygens (including phenoxy) is 2. The molecule has 0 aliphatic carbocycles. The lowest BCUT2D eigenvalue weighted by molar-refractivity contribution is -0.154. The van der Waals surface area contributed by atoms with Gasteiger partial charge in [-0.05, 0) is 18.4 Å². The minimum atomic E-state index is -4.40. The Hall–Kier alpha value is -2.52. The van der Waals surface area contributed by atoms with Gasteiger partial charge in [-0.15, -0.1) is 0 Å². The van der Waals surface area contributed by atoms with Gasteiger partial charge in [0.1, 0.15) is 0 Å². The molecule has 0 aromatic carbocycles. The second kappa shape index (κ2) is 9.61. The molecule has 1 aliphatic rings. The molecule has 0 saturated carbocycles. The number of carbonyl (C=O) groups excluding carboxylic acids is 1. The Labute approximate surface area is 161 Å². The van der Waals surface area contributed by atoms with Gasteiger partial charge in [-0.1, -0.05) is 13.0 Å². The summed E-state index contributed by atoms with van der Waals surface area (Å²) in [5.74, 6) is 0.275. The molecule has 1 N–H and O–H groups in total. The number of hydrogen-bond donors (Lipinski definition) is 1. The predicted octanol–water partition coefficient (Wildman–Crippen LogP) is 2.23. The number of esters is 1. The molecular weight excluding hydrogens is 377 g/mol. The van der Waals surface area contributed by atoms with E-state index in [1.165, 1.54) is 19.4 Å². The number of guanidine groups is 1. The van der Waals surface area contributed by atoms with E-state index in [4.69, 9.17) is 4.74 Å². The summed E-state index contributed by atoms with van der Waals surface area (Å²) in [6.45, 7) is 4.71. The van der Waals surface area contributed by atoms with Crippen molar-refractivity contribution in [3.05, 3.63) is 23.9 Å². The molecular formula is C18H25F3N4O3. The van der Waals surface area contributed by atoms with E-state index in [0.717, 1.165) is 5.56 Å². The van der Waals surface area contributed by atoms with Gasteiger partial charge in [-0.2, -0.15) is 13.2 Å². The highest BCUT2D eigenvalue weighted by molar-refractivity contribution is 5.82. The molecule has 0 radical (unpaired) electrons. The molecule has 0 bridgehead atoms. The van der Waals surface area contributed by atoms with Crippen LogP contribution in [0.1, 0.15) is 19.4 Å². The molecule has 2 atom stereocenters. The van der Waals surface area contributed by atoms with Crippen LogP contribution in [-0.4, -0.2) is 61.3 Å². The molecule has 2 rings (SSSR count). The molecule has 0 amide bonds. The van der Waals surface area contributed by atoms with Crippen LogP contribution in [0.2, 0.25) is 0 Å². The van der Waals surface area contributed by atoms with E-state index in [1.807, 2.05) is 18.7 Å². The van der Waals surface area contributed by atoms with Crippen molar-refractivity contribution in [3.63, 3.8) is 0 Å². The zero-order chi connectivity index (χ0) is 20.7. The van der Waals surface area contributed by atoms with E-state index in [2.05, 4.69) is 20.0 Å². The van der Waals surface area contributed by atoms with Crippen molar-refractivity contribution in [3.8, 4) is 5.88 Å². The Morgan fingerprint density at radius 1 is 1.39 bits per heavy atom. The first-order chi connectivity index (χ1) is 13.2. The van der Waals surface area contributed by atoms with Crippen molar-refractivity contribution in [1.82, 2.24) is 15.2 Å². The van der Waals surface area contributed by atoms with Gasteiger partial charge in [-0.3, -0.25) is 4.79 Å². The van der Waals surface area contributed by atoms with E-state index < -0.39 is 12.8 Å². The number of pyridine rings is 1. The summed E-state index contributed by atoms with van der Waals surface area (Å²) in [4.78, 5) is 22.3. The van der Waals surface area contributed by atoms with Crippen molar-refractivity contribution in [1.29, 1.82) is 0 Å². The van der Waals surface area contributed by atoms with E-state index in [9.17, 15) is 18.0 Å². The maximum atomic E-state index is 12.2. The smallest absolute Gasteiger partial charge is 0.422 e. The van der Waals surface area contributed by atoms with Crippen LogP contribution in [0, 0.1) is 11.8 Å². The molecule has 1 aromatic heterocycles. The van der Waals surface area contributed by atoms with Crippen LogP contribution in [0.5, 0.6) is 5.88 Å². The van der Waals surface area contributed by atoms with Crippen molar-refractivity contribution in [2.45, 2.75) is 26.6 Å². The van der Waals surface area contributed by atoms with Crippen LogP contribution >= 0.6 is 0 Å². The van der Waals surface area contributed by atoms with Crippen LogP contribution in [0.25, 0.3) is 0 Å². The third-order valence-corrected chi connectivity index (χ3v) is 4.34. The topological polar surface area (TPSA) is 76.1 Å². The quantitative estimate of drug-likeness (QED) is 0.447. The van der Waals surface area contributed by atoms with Crippen molar-refractivity contribution in [2.24, 2.45) is 16.8 Å². The van der Waals surface area contributed by atoms with E-state index in [-0.39, 0.29) is 23.7 Å². The van der Waals surface area contributed by atoms with Gasteiger partial charge in [0.05, 0.1) is 19.6 Å². The molecule has 1 saturated heterocycles. The van der Waals surface area contributed by atoms with Crippen molar-refractivity contribution >= 4 is 11.9 Å². The largest absolute Gasteiger partial charge is 0.469 e. The number of hydrogen-bond acceptors (Lipinski definition) is 5. The third-order valence-electron chi connectivity index (χ3n) is 4.34. The average molecular weight is 402 g/mol. The van der Waals surface area contributed by atoms with Gasteiger partial charge in [-0.25, -0.2) is 9.98 Å². The molecule has 28 heavy (non-hydrogen) atoms. The number of aliphatic imine (C=N–C) groups is 1. The highest BCUT2D eigenvalue weighted by Gasteiger charge is 2.36. The van der Waals surface area contributed by atoms with Gasteiger partial charge in [0.2, 0.25) is 5.88 Å². The summed E-state index contributed by atoms with van der Waals surface area (Å²) in [5, 5.41) is 3.19. The first-order valence-corrected chi connectivity index (χ1v) is 8.99. The number of nitrogens with one attached hydrogen (secondary N) is 1. The number of carbonyl (C=O) groups is 1. The van der Waals surface area contributed by atoms with E-state index in [1.54, 1.807) is 6.07 Å². The maximum absolute atomic E-state index is 12.2. The zero-order valence-electron chi connectivity index (χ0n) is 16.1. The summed E-state index contributed by atoms with van der Waals surface area (Å²) in [5.41, 5.74) is 0.728. The Kier molecular flexibility index (Phi) is 7.47. The number of methoxy groups -OCH3 is 1. The number of aromatic nitrogens is 1. The van der Waals surface area contributed by atoms with Crippen molar-refractivity contribution < 1.29 is 27.4 Å². The van der Waals surface area contributed by atoms with Gasteiger partial charge in [0.15, 0.2) is 12.6 Å². The fraction of sp³-hybridized carbons (Fsp3) is 0.611. The molecule has 7 nitrogen and oxygen atoms in total. The van der Waals surface area contributed by atoms with E-state index in [0.29, 0.717) is 32.1 Å². The Balaban J connectivity index is 2.00. The monoisotopic (exact) mass is 402 g/mol. The number of nitrogens with zero attached hydrogens (tertiary/aromatic N) is 3. The first kappa shape index (κ1) is 21.8. The first-order valence-electron chi connectivity index (χ1n) is 8.99. The van der Waals surface area contributed by atoms with Gasteiger partial charge >= 0.3 is 12.1 Å². The standard InChI is InChI=1S/C18H25F3N4O3/c1-4-22-17(25-9-12(2)14(10-25)16(26)27-3)24-8-13-5-6-15(23-7-13)28-11-18(19,20)21/h5-7,12,14H,4,8-11H2,1-3H3,(H,22,24). The van der Waals surface area contributed by atoms with Crippen molar-refractivity contribution in [2.75, 3.05) is 33.4 Å². The van der Waals surface area contributed by atoms with Crippen LogP contribution in [0.4, 0.5) is 13.2 Å². The van der Waals surface area contributed by atoms with Crippen LogP contribution in [0.3, 0.4) is 0 Å². The normalized spacial score (nSPS) is 20.2. The second-order valence-electron chi connectivity index (χ2n) is 6.59. The minimum absolute atomic E-state index is 0.0914. The second-order valence-corrected chi connectivity index (χ2v) is 6.59. The lowest BCUT2D eigenvalue weighted by Gasteiger charge is -2.21. The van der Waals surface area contributed by atoms with Crippen LogP contribution in [-0.2, 0) is 16.1 Å². The molecule has 10 heteroatoms. The Bertz CT molecular complexity index is 680. The lowest BCUT2D eigenvalue weighted by Crippen LogP contribution is -2.40. The lowest BCUT2D eigenvalue weighted by atomic mass is 9.99. The van der Waals surface area contributed by atoms with Crippen LogP contribution in [0.15, 0.2) is 23.3 Å². The summed E-state index contributed by atoms with van der Waals surface area (Å²) in [6, 6.07) is 3.00. The fourth-order valence-electron chi connectivity index (χ4n) is 2.94. The molecule has 1 aromatic rings. The Morgan fingerprint density at radius 3 is 2.71 bits per heavy atom. The Morgan fingerprint density at radius 2 is 2.14 bits per heavy atom. The molecule has 2 heterocycles. The highest BCUT2D eigenvalue weighted by atomic mass is 19.4. The molecule has 156 valence electrons. The highest BCUT2D eigenvalue weighted by Crippen LogP contribution is 2.24. The predicted molar refractivity (Wildman–Crippen MR) is 96.8 cm³/mol. The zero-order valence-corrected chi connectivity index (χ0v) is 16.1. The van der Waals surface area contributed by atoms with Crippen LogP contribution < -0.4 is 10.1 Å². The van der Waals surface area contributed by atoms with Gasteiger partial charge in [0.25, 0.3) is 0 Å². The molecule has 1 fully saturated rings. The minimum Gasteiger partial charge on any atom is -0.469 e. The van der Waals surface area contributed by atoms with E-state index >= 15 is 0 Å². The number of likely N-dealkylation sites (tertiary alicyclic amines) is 1. The number of rotatable bonds is 6. The van der Waals surface area contributed by atoms with Gasteiger partial charge < -0.3 is 19.7 Å². The summed E-state index contributed by atoms with van der Waals surface area (Å²) in [6.07, 6.45) is -2.97. The molecule has 2 unspecified atom stereocenters. The molecule has 1 aliphatic heterocycles. The molecule has 0 spiro atoms. The van der Waals surface area contributed by atoms with Gasteiger partial charge in [0, 0.05) is 31.9 Å². The fourth-order valence-corrected chi connectivity index (χ4v) is 2.94. The third kappa shape index (κ3) is 6.28. The number of alkyl halides is 3.